The number of nitriles is 1. The van der Waals surface area contributed by atoms with Crippen LogP contribution in [0.1, 0.15) is 25.3 Å². The van der Waals surface area contributed by atoms with Gasteiger partial charge in [0.05, 0.1) is 11.5 Å². The van der Waals surface area contributed by atoms with E-state index in [9.17, 15) is 0 Å². The van der Waals surface area contributed by atoms with Crippen LogP contribution in [-0.4, -0.2) is 24.2 Å². The van der Waals surface area contributed by atoms with Gasteiger partial charge in [0.15, 0.2) is 0 Å². The van der Waals surface area contributed by atoms with Crippen molar-refractivity contribution in [1.82, 2.24) is 4.90 Å². The third-order valence-electron chi connectivity index (χ3n) is 3.35. The Kier molecular flexibility index (Phi) is 4.31. The second-order valence-corrected chi connectivity index (χ2v) is 6.48. The van der Waals surface area contributed by atoms with E-state index in [-0.39, 0.29) is 5.41 Å². The smallest absolute Gasteiger partial charge is 0.0703 e. The molecule has 3 heteroatoms. The van der Waals surface area contributed by atoms with Crippen molar-refractivity contribution in [1.29, 1.82) is 5.26 Å². The van der Waals surface area contributed by atoms with Crippen molar-refractivity contribution < 1.29 is 0 Å². The van der Waals surface area contributed by atoms with Crippen LogP contribution < -0.4 is 0 Å². The molecule has 1 fully saturated rings. The molecule has 0 heterocycles. The van der Waals surface area contributed by atoms with Crippen LogP contribution in [-0.2, 0) is 6.54 Å². The maximum absolute atomic E-state index is 9.09. The normalized spacial score (nSPS) is 16.6. The summed E-state index contributed by atoms with van der Waals surface area (Å²) < 4.78 is 0. The van der Waals surface area contributed by atoms with Gasteiger partial charge in [-0.1, -0.05) is 19.1 Å². The van der Waals surface area contributed by atoms with Gasteiger partial charge in [0.2, 0.25) is 0 Å². The molecule has 1 aliphatic carbocycles. The van der Waals surface area contributed by atoms with Crippen molar-refractivity contribution in [3.05, 3.63) is 29.8 Å². The Balaban J connectivity index is 1.87. The highest BCUT2D eigenvalue weighted by atomic mass is 32.2. The molecule has 1 saturated carbocycles. The van der Waals surface area contributed by atoms with Gasteiger partial charge >= 0.3 is 0 Å². The maximum Gasteiger partial charge on any atom is 0.0703 e. The van der Waals surface area contributed by atoms with Gasteiger partial charge in [0, 0.05) is 18.0 Å². The third kappa shape index (κ3) is 3.51. The first-order valence-corrected chi connectivity index (χ1v) is 7.47. The summed E-state index contributed by atoms with van der Waals surface area (Å²) in [4.78, 5) is 3.60. The Morgan fingerprint density at radius 1 is 1.33 bits per heavy atom. The van der Waals surface area contributed by atoms with Crippen LogP contribution in [0.4, 0.5) is 0 Å². The molecule has 1 aromatic carbocycles. The maximum atomic E-state index is 9.09. The minimum absolute atomic E-state index is 0.0350. The van der Waals surface area contributed by atoms with Crippen LogP contribution in [0.5, 0.6) is 0 Å². The summed E-state index contributed by atoms with van der Waals surface area (Å²) in [7, 11) is 2.10. The van der Waals surface area contributed by atoms with Crippen molar-refractivity contribution in [2.24, 2.45) is 5.41 Å². The zero-order chi connectivity index (χ0) is 13.0. The highest BCUT2D eigenvalue weighted by Crippen LogP contribution is 2.45. The Morgan fingerprint density at radius 3 is 2.50 bits per heavy atom. The molecule has 18 heavy (non-hydrogen) atoms. The van der Waals surface area contributed by atoms with E-state index in [2.05, 4.69) is 49.2 Å². The molecule has 0 amide bonds. The molecule has 0 aromatic heterocycles. The lowest BCUT2D eigenvalue weighted by Crippen LogP contribution is -2.25. The number of hydrogen-bond donors (Lipinski definition) is 0. The number of benzene rings is 1. The molecule has 0 saturated heterocycles. The summed E-state index contributed by atoms with van der Waals surface area (Å²) in [6, 6.07) is 11.2. The van der Waals surface area contributed by atoms with Gasteiger partial charge in [-0.25, -0.2) is 0 Å². The Hall–Kier alpha value is -0.980. The summed E-state index contributed by atoms with van der Waals surface area (Å²) in [6.07, 6.45) is 2.14. The van der Waals surface area contributed by atoms with Crippen molar-refractivity contribution in [3.63, 3.8) is 0 Å². The average molecular weight is 260 g/mol. The van der Waals surface area contributed by atoms with Crippen LogP contribution in [0.25, 0.3) is 0 Å². The fourth-order valence-corrected chi connectivity index (χ4v) is 2.86. The van der Waals surface area contributed by atoms with Gasteiger partial charge in [0.1, 0.15) is 0 Å². The fraction of sp³-hybridized carbons (Fsp3) is 0.533. The van der Waals surface area contributed by atoms with Crippen LogP contribution >= 0.6 is 11.8 Å². The molecule has 0 bridgehead atoms. The number of rotatable bonds is 6. The second-order valence-electron chi connectivity index (χ2n) is 5.14. The standard InChI is InChI=1S/C15H20N2S/c1-3-18-14-6-4-13(5-7-14)10-17(2)12-15(11-16)8-9-15/h4-7H,3,8-10,12H2,1-2H3. The van der Waals surface area contributed by atoms with Gasteiger partial charge in [-0.2, -0.15) is 5.26 Å². The summed E-state index contributed by atoms with van der Waals surface area (Å²) in [5.41, 5.74) is 1.29. The molecule has 1 aromatic rings. The van der Waals surface area contributed by atoms with E-state index in [1.807, 2.05) is 11.8 Å². The van der Waals surface area contributed by atoms with E-state index >= 15 is 0 Å². The van der Waals surface area contributed by atoms with E-state index in [4.69, 9.17) is 5.26 Å². The Labute approximate surface area is 114 Å². The monoisotopic (exact) mass is 260 g/mol. The lowest BCUT2D eigenvalue weighted by atomic mass is 10.1. The summed E-state index contributed by atoms with van der Waals surface area (Å²) in [6.45, 7) is 4.00. The number of hydrogen-bond acceptors (Lipinski definition) is 3. The summed E-state index contributed by atoms with van der Waals surface area (Å²) in [5, 5.41) is 9.09. The van der Waals surface area contributed by atoms with Gasteiger partial charge in [-0.05, 0) is 43.3 Å². The lowest BCUT2D eigenvalue weighted by Gasteiger charge is -2.19. The van der Waals surface area contributed by atoms with Gasteiger partial charge in [0.25, 0.3) is 0 Å². The van der Waals surface area contributed by atoms with Crippen molar-refractivity contribution >= 4 is 11.8 Å². The predicted molar refractivity (Wildman–Crippen MR) is 76.5 cm³/mol. The van der Waals surface area contributed by atoms with Gasteiger partial charge in [-0.3, -0.25) is 0 Å². The molecule has 1 aliphatic rings. The SMILES string of the molecule is CCSc1ccc(CN(C)CC2(C#N)CC2)cc1. The predicted octanol–water partition coefficient (Wildman–Crippen LogP) is 3.53. The zero-order valence-corrected chi connectivity index (χ0v) is 12.0. The van der Waals surface area contributed by atoms with Crippen LogP contribution in [0.15, 0.2) is 29.2 Å². The first-order chi connectivity index (χ1) is 8.67. The zero-order valence-electron chi connectivity index (χ0n) is 11.1. The lowest BCUT2D eigenvalue weighted by molar-refractivity contribution is 0.286. The van der Waals surface area contributed by atoms with Crippen LogP contribution in [0.2, 0.25) is 0 Å². The van der Waals surface area contributed by atoms with Crippen LogP contribution in [0.3, 0.4) is 0 Å². The highest BCUT2D eigenvalue weighted by molar-refractivity contribution is 7.99. The second kappa shape index (κ2) is 5.77. The van der Waals surface area contributed by atoms with E-state index in [0.717, 1.165) is 31.7 Å². The molecule has 0 aliphatic heterocycles. The molecule has 0 unspecified atom stereocenters. The molecule has 0 atom stereocenters. The van der Waals surface area contributed by atoms with Gasteiger partial charge in [-0.15, -0.1) is 11.8 Å². The van der Waals surface area contributed by atoms with E-state index in [0.29, 0.717) is 0 Å². The van der Waals surface area contributed by atoms with Gasteiger partial charge < -0.3 is 4.90 Å². The summed E-state index contributed by atoms with van der Waals surface area (Å²) >= 11 is 1.87. The Morgan fingerprint density at radius 2 is 2.00 bits per heavy atom. The molecule has 2 rings (SSSR count). The minimum atomic E-state index is -0.0350. The molecule has 0 N–H and O–H groups in total. The van der Waals surface area contributed by atoms with Crippen LogP contribution in [0, 0.1) is 16.7 Å². The van der Waals surface area contributed by atoms with Crippen molar-refractivity contribution in [2.75, 3.05) is 19.3 Å². The molecule has 2 nitrogen and oxygen atoms in total. The molecule has 96 valence electrons. The van der Waals surface area contributed by atoms with Crippen molar-refractivity contribution in [3.8, 4) is 6.07 Å². The topological polar surface area (TPSA) is 27.0 Å². The largest absolute Gasteiger partial charge is 0.301 e. The molecule has 0 spiro atoms. The first kappa shape index (κ1) is 13.5. The average Bonchev–Trinajstić information content (AvgIpc) is 3.12. The third-order valence-corrected chi connectivity index (χ3v) is 4.24. The number of thioether (sulfide) groups is 1. The quantitative estimate of drug-likeness (QED) is 0.732. The fourth-order valence-electron chi connectivity index (χ4n) is 2.20. The number of nitrogens with zero attached hydrogens (tertiary/aromatic N) is 2. The van der Waals surface area contributed by atoms with E-state index < -0.39 is 0 Å². The highest BCUT2D eigenvalue weighted by Gasteiger charge is 2.43. The first-order valence-electron chi connectivity index (χ1n) is 6.49. The molecule has 0 radical (unpaired) electrons. The minimum Gasteiger partial charge on any atom is -0.301 e. The van der Waals surface area contributed by atoms with E-state index in [1.54, 1.807) is 0 Å². The van der Waals surface area contributed by atoms with Crippen molar-refractivity contribution in [2.45, 2.75) is 31.2 Å². The summed E-state index contributed by atoms with van der Waals surface area (Å²) in [5.74, 6) is 1.12. The molecular weight excluding hydrogens is 240 g/mol. The Bertz CT molecular complexity index is 429. The van der Waals surface area contributed by atoms with E-state index in [1.165, 1.54) is 10.5 Å². The molecular formula is C15H20N2S.